The summed E-state index contributed by atoms with van der Waals surface area (Å²) >= 11 is 0. The van der Waals surface area contributed by atoms with Gasteiger partial charge in [0.05, 0.1) is 0 Å². The number of carbonyl (C=O) groups is 3. The second kappa shape index (κ2) is 14.3. The lowest BCUT2D eigenvalue weighted by Gasteiger charge is -2.22. The Balaban J connectivity index is 1.64. The highest BCUT2D eigenvalue weighted by molar-refractivity contribution is 5.89. The van der Waals surface area contributed by atoms with Crippen molar-refractivity contribution >= 4 is 18.0 Å². The maximum absolute atomic E-state index is 13.2. The number of rotatable bonds is 12. The molecule has 0 saturated heterocycles. The predicted octanol–water partition coefficient (Wildman–Crippen LogP) is 4.55. The van der Waals surface area contributed by atoms with Crippen LogP contribution in [0.25, 0.3) is 0 Å². The van der Waals surface area contributed by atoms with Gasteiger partial charge < -0.3 is 20.1 Å². The molecule has 7 heteroatoms. The van der Waals surface area contributed by atoms with Gasteiger partial charge in [0.2, 0.25) is 5.91 Å². The van der Waals surface area contributed by atoms with Crippen LogP contribution < -0.4 is 10.6 Å². The highest BCUT2D eigenvalue weighted by Gasteiger charge is 2.28. The molecule has 0 fully saturated rings. The van der Waals surface area contributed by atoms with Crippen molar-refractivity contribution in [2.24, 2.45) is 0 Å². The van der Waals surface area contributed by atoms with Gasteiger partial charge in [0.25, 0.3) is 0 Å². The fourth-order valence-corrected chi connectivity index (χ4v) is 3.61. The summed E-state index contributed by atoms with van der Waals surface area (Å²) < 4.78 is 10.8. The standard InChI is InChI=1S/C29H32N2O5/c1-2-12-25(28(33)35-20-23-15-8-4-9-16-23)30-27(32)26(19-22-13-6-3-7-14-22)31-29(34)36-21-24-17-10-5-11-18-24/h3-11,13-18,25-26H,2,12,19-21H2,1H3,(H,30,32)(H,31,34)/t25-,26?/m0/s1. The Labute approximate surface area is 211 Å². The topological polar surface area (TPSA) is 93.7 Å². The second-order valence-electron chi connectivity index (χ2n) is 8.39. The van der Waals surface area contributed by atoms with Crippen molar-refractivity contribution in [1.82, 2.24) is 10.6 Å². The molecule has 0 aromatic heterocycles. The van der Waals surface area contributed by atoms with Crippen LogP contribution in [0.2, 0.25) is 0 Å². The molecule has 0 aliphatic carbocycles. The third-order valence-corrected chi connectivity index (χ3v) is 5.51. The number of esters is 1. The van der Waals surface area contributed by atoms with Crippen molar-refractivity contribution in [3.63, 3.8) is 0 Å². The Kier molecular flexibility index (Phi) is 10.5. The van der Waals surface area contributed by atoms with Crippen LogP contribution in [0.3, 0.4) is 0 Å². The number of carbonyl (C=O) groups excluding carboxylic acids is 3. The summed E-state index contributed by atoms with van der Waals surface area (Å²) in [4.78, 5) is 38.5. The maximum Gasteiger partial charge on any atom is 0.408 e. The van der Waals surface area contributed by atoms with E-state index >= 15 is 0 Å². The first-order valence-corrected chi connectivity index (χ1v) is 12.1. The number of amides is 2. The first-order valence-electron chi connectivity index (χ1n) is 12.1. The van der Waals surface area contributed by atoms with Gasteiger partial charge >= 0.3 is 12.1 Å². The molecule has 0 aliphatic rings. The molecule has 2 atom stereocenters. The van der Waals surface area contributed by atoms with E-state index in [0.29, 0.717) is 12.8 Å². The molecule has 0 saturated carbocycles. The van der Waals surface area contributed by atoms with E-state index in [1.165, 1.54) is 0 Å². The molecule has 1 unspecified atom stereocenters. The summed E-state index contributed by atoms with van der Waals surface area (Å²) in [7, 11) is 0. The van der Waals surface area contributed by atoms with Gasteiger partial charge in [0.1, 0.15) is 25.3 Å². The number of benzene rings is 3. The quantitative estimate of drug-likeness (QED) is 0.365. The summed E-state index contributed by atoms with van der Waals surface area (Å²) in [6.45, 7) is 2.12. The van der Waals surface area contributed by atoms with Gasteiger partial charge in [-0.15, -0.1) is 0 Å². The molecule has 2 N–H and O–H groups in total. The van der Waals surface area contributed by atoms with E-state index in [1.54, 1.807) is 0 Å². The van der Waals surface area contributed by atoms with Crippen LogP contribution in [0.1, 0.15) is 36.5 Å². The van der Waals surface area contributed by atoms with Crippen molar-refractivity contribution in [3.8, 4) is 0 Å². The molecule has 7 nitrogen and oxygen atoms in total. The van der Waals surface area contributed by atoms with Crippen LogP contribution in [0, 0.1) is 0 Å². The highest BCUT2D eigenvalue weighted by atomic mass is 16.5. The minimum absolute atomic E-state index is 0.0800. The van der Waals surface area contributed by atoms with E-state index in [9.17, 15) is 14.4 Å². The van der Waals surface area contributed by atoms with Crippen molar-refractivity contribution < 1.29 is 23.9 Å². The van der Waals surface area contributed by atoms with Gasteiger partial charge in [-0.2, -0.15) is 0 Å². The van der Waals surface area contributed by atoms with E-state index in [4.69, 9.17) is 9.47 Å². The predicted molar refractivity (Wildman–Crippen MR) is 137 cm³/mol. The van der Waals surface area contributed by atoms with Crippen molar-refractivity contribution in [2.45, 2.75) is 51.5 Å². The van der Waals surface area contributed by atoms with E-state index in [0.717, 1.165) is 16.7 Å². The molecule has 0 radical (unpaired) electrons. The van der Waals surface area contributed by atoms with Gasteiger partial charge in [0, 0.05) is 6.42 Å². The molecular weight excluding hydrogens is 456 g/mol. The van der Waals surface area contributed by atoms with Crippen molar-refractivity contribution in [2.75, 3.05) is 0 Å². The average molecular weight is 489 g/mol. The zero-order valence-corrected chi connectivity index (χ0v) is 20.4. The summed E-state index contributed by atoms with van der Waals surface area (Å²) in [6, 6.07) is 26.2. The number of hydrogen-bond donors (Lipinski definition) is 2. The molecule has 188 valence electrons. The van der Waals surface area contributed by atoms with Gasteiger partial charge in [-0.3, -0.25) is 4.79 Å². The highest BCUT2D eigenvalue weighted by Crippen LogP contribution is 2.09. The van der Waals surface area contributed by atoms with Crippen LogP contribution >= 0.6 is 0 Å². The van der Waals surface area contributed by atoms with Gasteiger partial charge in [-0.1, -0.05) is 104 Å². The Morgan fingerprint density at radius 3 is 1.69 bits per heavy atom. The average Bonchev–Trinajstić information content (AvgIpc) is 2.91. The molecule has 0 spiro atoms. The molecule has 0 aliphatic heterocycles. The third kappa shape index (κ3) is 8.91. The molecule has 36 heavy (non-hydrogen) atoms. The van der Waals surface area contributed by atoms with Crippen molar-refractivity contribution in [1.29, 1.82) is 0 Å². The SMILES string of the molecule is CCC[C@H](NC(=O)C(Cc1ccccc1)NC(=O)OCc1ccccc1)C(=O)OCc1ccccc1. The molecule has 2 amide bonds. The van der Waals surface area contributed by atoms with Crippen LogP contribution in [-0.2, 0) is 38.7 Å². The van der Waals surface area contributed by atoms with E-state index in [-0.39, 0.29) is 19.6 Å². The van der Waals surface area contributed by atoms with E-state index in [2.05, 4.69) is 10.6 Å². The zero-order chi connectivity index (χ0) is 25.6. The lowest BCUT2D eigenvalue weighted by Crippen LogP contribution is -2.52. The normalized spacial score (nSPS) is 12.1. The van der Waals surface area contributed by atoms with E-state index in [1.807, 2.05) is 97.9 Å². The lowest BCUT2D eigenvalue weighted by molar-refractivity contribution is -0.149. The van der Waals surface area contributed by atoms with Crippen LogP contribution in [-0.4, -0.2) is 30.1 Å². The Bertz CT molecular complexity index is 1090. The molecule has 3 aromatic carbocycles. The molecule has 3 rings (SSSR count). The Hall–Kier alpha value is -4.13. The minimum Gasteiger partial charge on any atom is -0.459 e. The number of nitrogens with one attached hydrogen (secondary N) is 2. The fraction of sp³-hybridized carbons (Fsp3) is 0.276. The molecule has 0 heterocycles. The van der Waals surface area contributed by atoms with Crippen molar-refractivity contribution in [3.05, 3.63) is 108 Å². The first-order chi connectivity index (χ1) is 17.5. The Morgan fingerprint density at radius 2 is 1.17 bits per heavy atom. The maximum atomic E-state index is 13.2. The minimum atomic E-state index is -0.933. The lowest BCUT2D eigenvalue weighted by atomic mass is 10.0. The Morgan fingerprint density at radius 1 is 0.667 bits per heavy atom. The summed E-state index contributed by atoms with van der Waals surface area (Å²) in [6.07, 6.45) is 0.607. The smallest absolute Gasteiger partial charge is 0.408 e. The van der Waals surface area contributed by atoms with Crippen LogP contribution in [0.4, 0.5) is 4.79 Å². The second-order valence-corrected chi connectivity index (χ2v) is 8.39. The molecule has 3 aromatic rings. The monoisotopic (exact) mass is 488 g/mol. The summed E-state index contributed by atoms with van der Waals surface area (Å²) in [5, 5.41) is 5.42. The van der Waals surface area contributed by atoms with Crippen LogP contribution in [0.5, 0.6) is 0 Å². The van der Waals surface area contributed by atoms with Gasteiger partial charge in [-0.05, 0) is 23.1 Å². The van der Waals surface area contributed by atoms with Gasteiger partial charge in [-0.25, -0.2) is 9.59 Å². The molecule has 0 bridgehead atoms. The zero-order valence-electron chi connectivity index (χ0n) is 20.4. The summed E-state index contributed by atoms with van der Waals surface area (Å²) in [5.41, 5.74) is 2.55. The largest absolute Gasteiger partial charge is 0.459 e. The first kappa shape index (κ1) is 26.5. The summed E-state index contributed by atoms with van der Waals surface area (Å²) in [5.74, 6) is -0.996. The number of hydrogen-bond acceptors (Lipinski definition) is 5. The third-order valence-electron chi connectivity index (χ3n) is 5.51. The van der Waals surface area contributed by atoms with Crippen LogP contribution in [0.15, 0.2) is 91.0 Å². The van der Waals surface area contributed by atoms with Gasteiger partial charge in [0.15, 0.2) is 0 Å². The number of ether oxygens (including phenoxy) is 2. The number of alkyl carbamates (subject to hydrolysis) is 1. The molecular formula is C29H32N2O5. The fourth-order valence-electron chi connectivity index (χ4n) is 3.61. The van der Waals surface area contributed by atoms with E-state index < -0.39 is 30.1 Å².